The van der Waals surface area contributed by atoms with Gasteiger partial charge in [0, 0.05) is 71.8 Å². The van der Waals surface area contributed by atoms with Crippen molar-refractivity contribution in [2.45, 2.75) is 24.5 Å². The monoisotopic (exact) mass is 556 g/mol. The Balaban J connectivity index is 0.00000361. The molecule has 4 atom stereocenters. The van der Waals surface area contributed by atoms with Crippen LogP contribution in [0.5, 0.6) is 0 Å². The summed E-state index contributed by atoms with van der Waals surface area (Å²) in [6.45, 7) is 5.28. The number of fused-ring (bicyclic) bond motifs is 1. The molecular weight excluding hydrogens is 526 g/mol. The molecule has 2 fully saturated rings. The Kier molecular flexibility index (Phi) is 10.4. The molecule has 2 aromatic rings. The first-order valence-electron chi connectivity index (χ1n) is 11.6. The summed E-state index contributed by atoms with van der Waals surface area (Å²) < 4.78 is 7.05. The average molecular weight is 558 g/mol. The van der Waals surface area contributed by atoms with E-state index in [1.165, 1.54) is 17.2 Å². The molecule has 2 amide bonds. The molecule has 0 saturated carbocycles. The normalized spacial score (nSPS) is 26.0. The van der Waals surface area contributed by atoms with Crippen LogP contribution >= 0.6 is 0 Å². The molecule has 0 aromatic carbocycles. The van der Waals surface area contributed by atoms with E-state index in [1.807, 2.05) is 0 Å². The molecule has 2 aliphatic rings. The quantitative estimate of drug-likeness (QED) is 0.179. The van der Waals surface area contributed by atoms with Crippen LogP contribution in [0.15, 0.2) is 12.7 Å². The fourth-order valence-electron chi connectivity index (χ4n) is 4.06. The number of rotatable bonds is 4. The first-order chi connectivity index (χ1) is 17.0. The van der Waals surface area contributed by atoms with Gasteiger partial charge in [-0.1, -0.05) is 0 Å². The van der Waals surface area contributed by atoms with Crippen LogP contribution in [-0.2, 0) is 33.8 Å². The van der Waals surface area contributed by atoms with Gasteiger partial charge in [0.05, 0.1) is 12.9 Å². The molecule has 36 heavy (non-hydrogen) atoms. The third kappa shape index (κ3) is 6.51. The van der Waals surface area contributed by atoms with Gasteiger partial charge in [0.25, 0.3) is 5.91 Å². The van der Waals surface area contributed by atoms with Gasteiger partial charge in [-0.3, -0.25) is 14.2 Å². The van der Waals surface area contributed by atoms with Gasteiger partial charge >= 0.3 is 0 Å². The van der Waals surface area contributed by atoms with Gasteiger partial charge in [0.15, 0.2) is 23.8 Å². The Morgan fingerprint density at radius 2 is 1.67 bits per heavy atom. The van der Waals surface area contributed by atoms with E-state index in [0.29, 0.717) is 37.3 Å². The maximum absolute atomic E-state index is 12.8. The van der Waals surface area contributed by atoms with Crippen LogP contribution in [0.25, 0.3) is 11.2 Å². The van der Waals surface area contributed by atoms with E-state index >= 15 is 0 Å². The standard InChI is InChI=1S/C20H32N10O5.Zn/c21-17-13-18(27-10-26-17)30(11-28-13)20-15(33)14(32)16(35-20)19(34)25-9-12(31)29-7-5-23-3-1-22-2-4-24-6-8-29;/h10-11,14-16,20,22-24,32-33H,1-9H2,(H,25,34)(H2,21,26,27);/t14-,15+,16-,20+;/m0./s1. The second kappa shape index (κ2) is 13.3. The second-order valence-electron chi connectivity index (χ2n) is 8.36. The van der Waals surface area contributed by atoms with Gasteiger partial charge < -0.3 is 46.9 Å². The third-order valence-corrected chi connectivity index (χ3v) is 6.00. The summed E-state index contributed by atoms with van der Waals surface area (Å²) in [4.78, 5) is 39.3. The zero-order valence-corrected chi connectivity index (χ0v) is 22.9. The number of nitrogens with zero attached hydrogens (tertiary/aromatic N) is 5. The molecule has 0 spiro atoms. The van der Waals surface area contributed by atoms with Gasteiger partial charge in [-0.2, -0.15) is 0 Å². The summed E-state index contributed by atoms with van der Waals surface area (Å²) in [7, 11) is 0. The molecule has 0 unspecified atom stereocenters. The molecule has 15 nitrogen and oxygen atoms in total. The Bertz CT molecular complexity index is 1010. The fraction of sp³-hybridized carbons (Fsp3) is 0.650. The van der Waals surface area contributed by atoms with Crippen LogP contribution in [0.4, 0.5) is 5.82 Å². The number of carbonyl (C=O) groups excluding carboxylic acids is 2. The molecule has 194 valence electrons. The molecule has 2 aliphatic heterocycles. The summed E-state index contributed by atoms with van der Waals surface area (Å²) in [5, 5.41) is 33.4. The molecular formula is C20H32N10O5Zn. The Labute approximate surface area is 220 Å². The predicted molar refractivity (Wildman–Crippen MR) is 124 cm³/mol. The van der Waals surface area contributed by atoms with Crippen molar-refractivity contribution in [1.29, 1.82) is 0 Å². The topological polar surface area (TPSA) is 205 Å². The van der Waals surface area contributed by atoms with E-state index in [1.54, 1.807) is 4.90 Å². The van der Waals surface area contributed by atoms with E-state index in [9.17, 15) is 19.8 Å². The van der Waals surface area contributed by atoms with Gasteiger partial charge in [-0.15, -0.1) is 0 Å². The number of amides is 2. The van der Waals surface area contributed by atoms with Crippen molar-refractivity contribution in [3.8, 4) is 0 Å². The fourth-order valence-corrected chi connectivity index (χ4v) is 4.06. The van der Waals surface area contributed by atoms with Gasteiger partial charge in [-0.05, 0) is 0 Å². The van der Waals surface area contributed by atoms with Crippen molar-refractivity contribution in [2.75, 3.05) is 64.6 Å². The zero-order chi connectivity index (χ0) is 24.8. The second-order valence-corrected chi connectivity index (χ2v) is 8.36. The van der Waals surface area contributed by atoms with E-state index in [4.69, 9.17) is 10.5 Å². The maximum Gasteiger partial charge on any atom is 0.252 e. The minimum Gasteiger partial charge on any atom is -0.387 e. The van der Waals surface area contributed by atoms with E-state index in [2.05, 4.69) is 36.2 Å². The summed E-state index contributed by atoms with van der Waals surface area (Å²) >= 11 is 0. The Hall–Kier alpha value is -2.33. The third-order valence-electron chi connectivity index (χ3n) is 6.00. The average Bonchev–Trinajstić information content (AvgIpc) is 3.39. The number of hydrogen-bond acceptors (Lipinski definition) is 12. The van der Waals surface area contributed by atoms with Gasteiger partial charge in [0.2, 0.25) is 5.91 Å². The molecule has 0 aliphatic carbocycles. The molecule has 4 heterocycles. The van der Waals surface area contributed by atoms with Crippen molar-refractivity contribution in [3.63, 3.8) is 0 Å². The number of imidazole rings is 1. The molecule has 4 rings (SSSR count). The van der Waals surface area contributed by atoms with Crippen molar-refractivity contribution >= 4 is 28.8 Å². The largest absolute Gasteiger partial charge is 0.387 e. The molecule has 0 radical (unpaired) electrons. The molecule has 0 bridgehead atoms. The number of aromatic nitrogens is 4. The van der Waals surface area contributed by atoms with Crippen molar-refractivity contribution < 1.29 is 44.0 Å². The number of nitrogen functional groups attached to an aromatic ring is 1. The van der Waals surface area contributed by atoms with Crippen molar-refractivity contribution in [1.82, 2.24) is 45.7 Å². The first kappa shape index (κ1) is 28.2. The SMILES string of the molecule is Nc1ncnc2c1ncn2[C@@H]1O[C@H](C(=O)NCC(=O)N2CCNCCNCCNCC2)[C@@H](O)[C@H]1O.[Zn]. The summed E-state index contributed by atoms with van der Waals surface area (Å²) in [5.74, 6) is -0.810. The smallest absolute Gasteiger partial charge is 0.252 e. The van der Waals surface area contributed by atoms with Crippen LogP contribution in [0.3, 0.4) is 0 Å². The van der Waals surface area contributed by atoms with Crippen LogP contribution in [0, 0.1) is 0 Å². The number of nitrogens with one attached hydrogen (secondary N) is 4. The predicted octanol–water partition coefficient (Wildman–Crippen LogP) is -4.25. The Morgan fingerprint density at radius 3 is 2.33 bits per heavy atom. The number of carbonyl (C=O) groups is 2. The Morgan fingerprint density at radius 1 is 1.03 bits per heavy atom. The summed E-state index contributed by atoms with van der Waals surface area (Å²) in [6, 6.07) is 0. The summed E-state index contributed by atoms with van der Waals surface area (Å²) in [5.41, 5.74) is 6.39. The van der Waals surface area contributed by atoms with E-state index in [0.717, 1.165) is 26.2 Å². The number of aliphatic hydroxyl groups excluding tert-OH is 2. The number of hydrogen-bond donors (Lipinski definition) is 7. The van der Waals surface area contributed by atoms with E-state index < -0.39 is 30.4 Å². The number of aliphatic hydroxyl groups is 2. The number of anilines is 1. The minimum absolute atomic E-state index is 0. The van der Waals surface area contributed by atoms with E-state index in [-0.39, 0.29) is 37.7 Å². The molecule has 2 saturated heterocycles. The van der Waals surface area contributed by atoms with Crippen LogP contribution < -0.4 is 27.0 Å². The maximum atomic E-state index is 12.8. The number of ether oxygens (including phenoxy) is 1. The molecule has 2 aromatic heterocycles. The zero-order valence-electron chi connectivity index (χ0n) is 20.0. The minimum atomic E-state index is -1.52. The van der Waals surface area contributed by atoms with Crippen LogP contribution in [-0.4, -0.2) is 124 Å². The molecule has 8 N–H and O–H groups in total. The molecule has 16 heteroatoms. The van der Waals surface area contributed by atoms with Gasteiger partial charge in [0.1, 0.15) is 24.1 Å². The van der Waals surface area contributed by atoms with Gasteiger partial charge in [-0.25, -0.2) is 15.0 Å². The van der Waals surface area contributed by atoms with Crippen LogP contribution in [0.2, 0.25) is 0 Å². The summed E-state index contributed by atoms with van der Waals surface area (Å²) in [6.07, 6.45) is -2.88. The van der Waals surface area contributed by atoms with Crippen molar-refractivity contribution in [3.05, 3.63) is 12.7 Å². The van der Waals surface area contributed by atoms with Crippen molar-refractivity contribution in [2.24, 2.45) is 0 Å². The number of nitrogens with two attached hydrogens (primary N) is 1. The first-order valence-corrected chi connectivity index (χ1v) is 11.6. The van der Waals surface area contributed by atoms with Crippen LogP contribution in [0.1, 0.15) is 6.23 Å².